The summed E-state index contributed by atoms with van der Waals surface area (Å²) in [4.78, 5) is 11.4. The van der Waals surface area contributed by atoms with Gasteiger partial charge in [0.25, 0.3) is 10.0 Å². The summed E-state index contributed by atoms with van der Waals surface area (Å²) in [7, 11) is -3.85. The lowest BCUT2D eigenvalue weighted by molar-refractivity contribution is 0.101. The number of aryl methyl sites for hydroxylation is 1. The van der Waals surface area contributed by atoms with Crippen molar-refractivity contribution in [2.24, 2.45) is 0 Å². The Kier molecular flexibility index (Phi) is 3.98. The van der Waals surface area contributed by atoms with E-state index in [1.807, 2.05) is 0 Å². The average Bonchev–Trinajstić information content (AvgIpc) is 3.16. The second-order valence-electron chi connectivity index (χ2n) is 5.24. The number of anilines is 1. The van der Waals surface area contributed by atoms with E-state index in [9.17, 15) is 13.2 Å². The molecule has 124 valence electrons. The number of nitrogens with zero attached hydrogens (tertiary/aromatic N) is 1. The highest BCUT2D eigenvalue weighted by Crippen LogP contribution is 2.28. The predicted molar refractivity (Wildman–Crippen MR) is 88.3 cm³/mol. The number of Topliss-reactive ketones (excluding diaryl/α,β-unsaturated/α-hetero) is 1. The Bertz CT molecular complexity index is 988. The van der Waals surface area contributed by atoms with Crippen molar-refractivity contribution in [3.63, 3.8) is 0 Å². The molecule has 2 N–H and O–H groups in total. The van der Waals surface area contributed by atoms with Crippen LogP contribution < -0.4 is 4.72 Å². The van der Waals surface area contributed by atoms with Crippen LogP contribution in [-0.4, -0.2) is 24.4 Å². The molecule has 24 heavy (non-hydrogen) atoms. The van der Waals surface area contributed by atoms with E-state index in [1.165, 1.54) is 19.1 Å². The number of carbonyl (C=O) groups is 1. The van der Waals surface area contributed by atoms with Crippen molar-refractivity contribution in [2.75, 3.05) is 4.72 Å². The molecular weight excluding hydrogens is 330 g/mol. The van der Waals surface area contributed by atoms with Crippen LogP contribution in [0.15, 0.2) is 51.9 Å². The van der Waals surface area contributed by atoms with E-state index in [-0.39, 0.29) is 16.4 Å². The van der Waals surface area contributed by atoms with E-state index in [0.29, 0.717) is 22.7 Å². The maximum atomic E-state index is 12.6. The molecule has 0 aliphatic carbocycles. The number of aromatic amines is 1. The Balaban J connectivity index is 1.94. The lowest BCUT2D eigenvalue weighted by Crippen LogP contribution is -2.13. The number of H-pyrrole nitrogens is 1. The first-order valence-corrected chi connectivity index (χ1v) is 8.59. The molecule has 0 bridgehead atoms. The standard InChI is InChI=1S/C16H15N3O4S/c1-10(20)12-4-3-5-13(8-12)19-24(21,22)16-9-15(23-11(16)2)14-6-7-17-18-14/h3-9,19H,1-2H3,(H,17,18). The number of hydrogen-bond donors (Lipinski definition) is 2. The molecule has 3 aromatic rings. The number of rotatable bonds is 5. The number of carbonyl (C=O) groups excluding carboxylic acids is 1. The van der Waals surface area contributed by atoms with Crippen LogP contribution in [0.2, 0.25) is 0 Å². The van der Waals surface area contributed by atoms with Crippen LogP contribution in [0.25, 0.3) is 11.5 Å². The Labute approximate surface area is 138 Å². The fourth-order valence-corrected chi connectivity index (χ4v) is 3.50. The monoisotopic (exact) mass is 345 g/mol. The van der Waals surface area contributed by atoms with Crippen molar-refractivity contribution in [1.29, 1.82) is 0 Å². The molecule has 2 aromatic heterocycles. The zero-order chi connectivity index (χ0) is 17.3. The highest BCUT2D eigenvalue weighted by molar-refractivity contribution is 7.92. The van der Waals surface area contributed by atoms with E-state index in [4.69, 9.17) is 4.42 Å². The summed E-state index contributed by atoms with van der Waals surface area (Å²) in [6.07, 6.45) is 1.55. The van der Waals surface area contributed by atoms with Gasteiger partial charge in [0.15, 0.2) is 11.5 Å². The van der Waals surface area contributed by atoms with Crippen molar-refractivity contribution < 1.29 is 17.6 Å². The average molecular weight is 345 g/mol. The highest BCUT2D eigenvalue weighted by atomic mass is 32.2. The molecule has 1 aromatic carbocycles. The molecule has 0 aliphatic rings. The minimum absolute atomic E-state index is 0.0281. The number of nitrogens with one attached hydrogen (secondary N) is 2. The molecule has 0 radical (unpaired) electrons. The zero-order valence-electron chi connectivity index (χ0n) is 13.0. The molecule has 0 saturated heterocycles. The van der Waals surface area contributed by atoms with Crippen LogP contribution in [0.4, 0.5) is 5.69 Å². The second kappa shape index (κ2) is 5.97. The lowest BCUT2D eigenvalue weighted by atomic mass is 10.1. The predicted octanol–water partition coefficient (Wildman–Crippen LogP) is 2.98. The maximum absolute atomic E-state index is 12.6. The molecule has 2 heterocycles. The van der Waals surface area contributed by atoms with Gasteiger partial charge >= 0.3 is 0 Å². The summed E-state index contributed by atoms with van der Waals surface area (Å²) in [6.45, 7) is 2.99. The Morgan fingerprint density at radius 3 is 2.71 bits per heavy atom. The van der Waals surface area contributed by atoms with Crippen LogP contribution in [-0.2, 0) is 10.0 Å². The second-order valence-corrected chi connectivity index (χ2v) is 6.89. The number of benzene rings is 1. The quantitative estimate of drug-likeness (QED) is 0.692. The van der Waals surface area contributed by atoms with Gasteiger partial charge in [0.05, 0.1) is 0 Å². The summed E-state index contributed by atoms with van der Waals surface area (Å²) in [5.41, 5.74) is 1.32. The van der Waals surface area contributed by atoms with Crippen molar-refractivity contribution in [1.82, 2.24) is 10.2 Å². The Morgan fingerprint density at radius 1 is 1.25 bits per heavy atom. The molecule has 0 fully saturated rings. The summed E-state index contributed by atoms with van der Waals surface area (Å²) < 4.78 is 33.2. The van der Waals surface area contributed by atoms with Crippen LogP contribution in [0.3, 0.4) is 0 Å². The van der Waals surface area contributed by atoms with Crippen LogP contribution in [0, 0.1) is 6.92 Å². The Morgan fingerprint density at radius 2 is 2.04 bits per heavy atom. The first-order valence-electron chi connectivity index (χ1n) is 7.11. The smallest absolute Gasteiger partial charge is 0.265 e. The largest absolute Gasteiger partial charge is 0.458 e. The molecule has 0 amide bonds. The minimum Gasteiger partial charge on any atom is -0.458 e. The molecule has 0 aliphatic heterocycles. The number of aromatic nitrogens is 2. The highest BCUT2D eigenvalue weighted by Gasteiger charge is 2.22. The summed E-state index contributed by atoms with van der Waals surface area (Å²) >= 11 is 0. The van der Waals surface area contributed by atoms with E-state index in [0.717, 1.165) is 0 Å². The molecule has 3 rings (SSSR count). The summed E-state index contributed by atoms with van der Waals surface area (Å²) in [6, 6.07) is 9.42. The molecule has 0 saturated carbocycles. The molecule has 0 atom stereocenters. The number of ketones is 1. The third kappa shape index (κ3) is 3.09. The van der Waals surface area contributed by atoms with Gasteiger partial charge in [0.2, 0.25) is 0 Å². The van der Waals surface area contributed by atoms with Gasteiger partial charge in [-0.1, -0.05) is 12.1 Å². The minimum atomic E-state index is -3.85. The van der Waals surface area contributed by atoms with E-state index >= 15 is 0 Å². The van der Waals surface area contributed by atoms with Gasteiger partial charge in [0, 0.05) is 23.5 Å². The summed E-state index contributed by atoms with van der Waals surface area (Å²) in [5, 5.41) is 6.53. The third-order valence-electron chi connectivity index (χ3n) is 3.45. The van der Waals surface area contributed by atoms with Gasteiger partial charge in [-0.25, -0.2) is 8.42 Å². The molecule has 7 nitrogen and oxygen atoms in total. The lowest BCUT2D eigenvalue weighted by Gasteiger charge is -2.07. The Hall–Kier alpha value is -2.87. The number of sulfonamides is 1. The van der Waals surface area contributed by atoms with Crippen molar-refractivity contribution in [3.8, 4) is 11.5 Å². The SMILES string of the molecule is CC(=O)c1cccc(NS(=O)(=O)c2cc(-c3ccn[nH]3)oc2C)c1. The first kappa shape index (κ1) is 16.0. The topological polar surface area (TPSA) is 105 Å². The van der Waals surface area contributed by atoms with E-state index < -0.39 is 10.0 Å². The van der Waals surface area contributed by atoms with Gasteiger partial charge in [-0.2, -0.15) is 5.10 Å². The molecule has 8 heteroatoms. The van der Waals surface area contributed by atoms with E-state index in [2.05, 4.69) is 14.9 Å². The first-order chi connectivity index (χ1) is 11.4. The molecule has 0 unspecified atom stereocenters. The fraction of sp³-hybridized carbons (Fsp3) is 0.125. The van der Waals surface area contributed by atoms with E-state index in [1.54, 1.807) is 37.4 Å². The van der Waals surface area contributed by atoms with Crippen LogP contribution in [0.1, 0.15) is 23.0 Å². The summed E-state index contributed by atoms with van der Waals surface area (Å²) in [5.74, 6) is 0.495. The van der Waals surface area contributed by atoms with Gasteiger partial charge in [-0.3, -0.25) is 14.6 Å². The molecule has 0 spiro atoms. The zero-order valence-corrected chi connectivity index (χ0v) is 13.8. The van der Waals surface area contributed by atoms with Crippen LogP contribution in [0.5, 0.6) is 0 Å². The van der Waals surface area contributed by atoms with Gasteiger partial charge < -0.3 is 4.42 Å². The normalized spacial score (nSPS) is 11.4. The van der Waals surface area contributed by atoms with Gasteiger partial charge in [0.1, 0.15) is 16.3 Å². The van der Waals surface area contributed by atoms with Crippen LogP contribution >= 0.6 is 0 Å². The molecular formula is C16H15N3O4S. The van der Waals surface area contributed by atoms with Crippen molar-refractivity contribution in [2.45, 2.75) is 18.7 Å². The van der Waals surface area contributed by atoms with Crippen molar-refractivity contribution in [3.05, 3.63) is 53.9 Å². The third-order valence-corrected chi connectivity index (χ3v) is 4.94. The fourth-order valence-electron chi connectivity index (χ4n) is 2.27. The van der Waals surface area contributed by atoms with Gasteiger partial charge in [-0.05, 0) is 32.0 Å². The number of hydrogen-bond acceptors (Lipinski definition) is 5. The van der Waals surface area contributed by atoms with Gasteiger partial charge in [-0.15, -0.1) is 0 Å². The maximum Gasteiger partial charge on any atom is 0.265 e. The number of furan rings is 1. The van der Waals surface area contributed by atoms with Crippen molar-refractivity contribution >= 4 is 21.5 Å².